The SMILES string of the molecule is CC(C)(C)NC(=O)OC1(CO)CCN(CCc2ccccc2)C1. The van der Waals surface area contributed by atoms with E-state index >= 15 is 0 Å². The molecule has 2 N–H and O–H groups in total. The first kappa shape index (κ1) is 17.8. The molecule has 1 aliphatic rings. The summed E-state index contributed by atoms with van der Waals surface area (Å²) in [5.41, 5.74) is 0.158. The number of likely N-dealkylation sites (tertiary alicyclic amines) is 1. The zero-order valence-corrected chi connectivity index (χ0v) is 14.3. The minimum atomic E-state index is -0.786. The average Bonchev–Trinajstić information content (AvgIpc) is 2.88. The van der Waals surface area contributed by atoms with Gasteiger partial charge in [0.25, 0.3) is 0 Å². The highest BCUT2D eigenvalue weighted by molar-refractivity contribution is 5.68. The van der Waals surface area contributed by atoms with Gasteiger partial charge in [-0.1, -0.05) is 30.3 Å². The summed E-state index contributed by atoms with van der Waals surface area (Å²) in [5, 5.41) is 12.5. The highest BCUT2D eigenvalue weighted by Gasteiger charge is 2.41. The van der Waals surface area contributed by atoms with Crippen LogP contribution in [-0.4, -0.2) is 53.5 Å². The average molecular weight is 320 g/mol. The Labute approximate surface area is 138 Å². The van der Waals surface area contributed by atoms with Crippen LogP contribution in [0.4, 0.5) is 4.79 Å². The van der Waals surface area contributed by atoms with E-state index in [0.717, 1.165) is 19.5 Å². The number of carbonyl (C=O) groups excluding carboxylic acids is 1. The molecule has 1 heterocycles. The molecule has 1 aromatic rings. The van der Waals surface area contributed by atoms with E-state index in [1.807, 2.05) is 39.0 Å². The molecule has 1 aliphatic heterocycles. The van der Waals surface area contributed by atoms with Gasteiger partial charge < -0.3 is 15.2 Å². The molecule has 0 radical (unpaired) electrons. The van der Waals surface area contributed by atoms with Crippen molar-refractivity contribution in [1.29, 1.82) is 0 Å². The summed E-state index contributed by atoms with van der Waals surface area (Å²) in [5.74, 6) is 0. The number of alkyl carbamates (subject to hydrolysis) is 1. The minimum Gasteiger partial charge on any atom is -0.439 e. The second-order valence-corrected chi connectivity index (χ2v) is 7.37. The van der Waals surface area contributed by atoms with E-state index in [1.54, 1.807) is 0 Å². The highest BCUT2D eigenvalue weighted by atomic mass is 16.6. The van der Waals surface area contributed by atoms with Gasteiger partial charge >= 0.3 is 6.09 Å². The number of nitrogens with one attached hydrogen (secondary N) is 1. The maximum atomic E-state index is 12.0. The molecule has 2 rings (SSSR count). The number of rotatable bonds is 5. The number of benzene rings is 1. The molecule has 0 bridgehead atoms. The summed E-state index contributed by atoms with van der Waals surface area (Å²) in [6.07, 6.45) is 1.16. The van der Waals surface area contributed by atoms with Crippen LogP contribution >= 0.6 is 0 Å². The molecule has 1 atom stereocenters. The second kappa shape index (κ2) is 7.32. The van der Waals surface area contributed by atoms with Crippen molar-refractivity contribution < 1.29 is 14.6 Å². The predicted molar refractivity (Wildman–Crippen MR) is 90.4 cm³/mol. The normalized spacial score (nSPS) is 22.1. The number of nitrogens with zero attached hydrogens (tertiary/aromatic N) is 1. The van der Waals surface area contributed by atoms with Crippen LogP contribution in [0.5, 0.6) is 0 Å². The smallest absolute Gasteiger partial charge is 0.408 e. The summed E-state index contributed by atoms with van der Waals surface area (Å²) in [4.78, 5) is 14.2. The Hall–Kier alpha value is -1.59. The molecule has 0 aromatic heterocycles. The minimum absolute atomic E-state index is 0.146. The van der Waals surface area contributed by atoms with Crippen LogP contribution in [0.2, 0.25) is 0 Å². The fraction of sp³-hybridized carbons (Fsp3) is 0.611. The van der Waals surface area contributed by atoms with Crippen LogP contribution in [-0.2, 0) is 11.2 Å². The molecule has 1 aromatic carbocycles. The van der Waals surface area contributed by atoms with Crippen molar-refractivity contribution in [2.24, 2.45) is 0 Å². The molecular weight excluding hydrogens is 292 g/mol. The van der Waals surface area contributed by atoms with Crippen molar-refractivity contribution in [3.63, 3.8) is 0 Å². The molecule has 0 aliphatic carbocycles. The fourth-order valence-corrected chi connectivity index (χ4v) is 2.82. The Balaban J connectivity index is 1.86. The van der Waals surface area contributed by atoms with Gasteiger partial charge in [0.15, 0.2) is 5.60 Å². The third kappa shape index (κ3) is 5.52. The largest absolute Gasteiger partial charge is 0.439 e. The lowest BCUT2D eigenvalue weighted by Crippen LogP contribution is -2.48. The molecule has 5 heteroatoms. The Bertz CT molecular complexity index is 513. The summed E-state index contributed by atoms with van der Waals surface area (Å²) < 4.78 is 5.56. The topological polar surface area (TPSA) is 61.8 Å². The summed E-state index contributed by atoms with van der Waals surface area (Å²) in [6.45, 7) is 7.87. The molecule has 1 amide bonds. The number of hydrogen-bond donors (Lipinski definition) is 2. The standard InChI is InChI=1S/C18H28N2O3/c1-17(2,3)19-16(22)23-18(14-21)10-12-20(13-18)11-9-15-7-5-4-6-8-15/h4-8,21H,9-14H2,1-3H3,(H,19,22). The van der Waals surface area contributed by atoms with Gasteiger partial charge in [-0.2, -0.15) is 0 Å². The van der Waals surface area contributed by atoms with Gasteiger partial charge in [0.2, 0.25) is 0 Å². The number of hydrogen-bond acceptors (Lipinski definition) is 4. The van der Waals surface area contributed by atoms with E-state index in [-0.39, 0.29) is 12.1 Å². The number of aliphatic hydroxyl groups is 1. The number of amides is 1. The molecule has 0 spiro atoms. The monoisotopic (exact) mass is 320 g/mol. The van der Waals surface area contributed by atoms with Crippen LogP contribution in [0.15, 0.2) is 30.3 Å². The number of aliphatic hydroxyl groups excluding tert-OH is 1. The molecule has 128 valence electrons. The summed E-state index contributed by atoms with van der Waals surface area (Å²) >= 11 is 0. The lowest BCUT2D eigenvalue weighted by Gasteiger charge is -2.30. The number of ether oxygens (including phenoxy) is 1. The summed E-state index contributed by atoms with van der Waals surface area (Å²) in [6, 6.07) is 10.3. The van der Waals surface area contributed by atoms with Crippen molar-refractivity contribution in [2.45, 2.75) is 44.8 Å². The lowest BCUT2D eigenvalue weighted by molar-refractivity contribution is -0.0247. The van der Waals surface area contributed by atoms with Crippen molar-refractivity contribution >= 4 is 6.09 Å². The first-order valence-electron chi connectivity index (χ1n) is 8.20. The fourth-order valence-electron chi connectivity index (χ4n) is 2.82. The van der Waals surface area contributed by atoms with Gasteiger partial charge in [-0.05, 0) is 32.8 Å². The predicted octanol–water partition coefficient (Wildman–Crippen LogP) is 2.19. The Morgan fingerprint density at radius 2 is 2.04 bits per heavy atom. The van der Waals surface area contributed by atoms with Gasteiger partial charge in [-0.25, -0.2) is 4.79 Å². The molecule has 1 fully saturated rings. The Kier molecular flexibility index (Phi) is 5.65. The van der Waals surface area contributed by atoms with Crippen LogP contribution in [0.3, 0.4) is 0 Å². The quantitative estimate of drug-likeness (QED) is 0.873. The van der Waals surface area contributed by atoms with Crippen LogP contribution in [0, 0.1) is 0 Å². The highest BCUT2D eigenvalue weighted by Crippen LogP contribution is 2.25. The molecule has 1 saturated heterocycles. The van der Waals surface area contributed by atoms with E-state index in [1.165, 1.54) is 5.56 Å². The first-order chi connectivity index (χ1) is 10.8. The van der Waals surface area contributed by atoms with Crippen molar-refractivity contribution in [1.82, 2.24) is 10.2 Å². The van der Waals surface area contributed by atoms with Crippen LogP contribution < -0.4 is 5.32 Å². The number of carbonyl (C=O) groups is 1. The molecule has 0 saturated carbocycles. The van der Waals surface area contributed by atoms with Gasteiger partial charge in [0.1, 0.15) is 0 Å². The zero-order chi connectivity index (χ0) is 16.9. The van der Waals surface area contributed by atoms with Crippen molar-refractivity contribution in [3.8, 4) is 0 Å². The third-order valence-corrected chi connectivity index (χ3v) is 4.03. The Morgan fingerprint density at radius 3 is 2.65 bits per heavy atom. The summed E-state index contributed by atoms with van der Waals surface area (Å²) in [7, 11) is 0. The molecular formula is C18H28N2O3. The molecule has 23 heavy (non-hydrogen) atoms. The van der Waals surface area contributed by atoms with E-state index in [4.69, 9.17) is 4.74 Å². The zero-order valence-electron chi connectivity index (χ0n) is 14.3. The third-order valence-electron chi connectivity index (χ3n) is 4.03. The van der Waals surface area contributed by atoms with Crippen LogP contribution in [0.1, 0.15) is 32.8 Å². The van der Waals surface area contributed by atoms with Crippen molar-refractivity contribution in [2.75, 3.05) is 26.2 Å². The van der Waals surface area contributed by atoms with Gasteiger partial charge in [-0.3, -0.25) is 4.90 Å². The van der Waals surface area contributed by atoms with Crippen LogP contribution in [0.25, 0.3) is 0 Å². The van der Waals surface area contributed by atoms with E-state index < -0.39 is 11.7 Å². The van der Waals surface area contributed by atoms with E-state index in [2.05, 4.69) is 22.3 Å². The molecule has 5 nitrogen and oxygen atoms in total. The van der Waals surface area contributed by atoms with Gasteiger partial charge in [-0.15, -0.1) is 0 Å². The van der Waals surface area contributed by atoms with Gasteiger partial charge in [0, 0.05) is 31.6 Å². The first-order valence-corrected chi connectivity index (χ1v) is 8.20. The molecule has 1 unspecified atom stereocenters. The van der Waals surface area contributed by atoms with Crippen molar-refractivity contribution in [3.05, 3.63) is 35.9 Å². The Morgan fingerprint density at radius 1 is 1.35 bits per heavy atom. The van der Waals surface area contributed by atoms with Gasteiger partial charge in [0.05, 0.1) is 6.61 Å². The second-order valence-electron chi connectivity index (χ2n) is 7.37. The maximum absolute atomic E-state index is 12.0. The van der Waals surface area contributed by atoms with E-state index in [0.29, 0.717) is 13.0 Å². The maximum Gasteiger partial charge on any atom is 0.408 e. The van der Waals surface area contributed by atoms with E-state index in [9.17, 15) is 9.90 Å². The lowest BCUT2D eigenvalue weighted by atomic mass is 10.0.